The molecule has 2 saturated heterocycles. The number of thiocarbonyl (C=S) groups is 1. The van der Waals surface area contributed by atoms with E-state index in [1.807, 2.05) is 18.3 Å². The Morgan fingerprint density at radius 1 is 0.900 bits per heavy atom. The topological polar surface area (TPSA) is 45.6 Å². The third-order valence-electron chi connectivity index (χ3n) is 8.21. The summed E-state index contributed by atoms with van der Waals surface area (Å²) in [5.74, 6) is 0.475. The van der Waals surface area contributed by atoms with Gasteiger partial charge in [0.25, 0.3) is 0 Å². The van der Waals surface area contributed by atoms with Gasteiger partial charge in [0.15, 0.2) is 5.11 Å². The molecule has 7 heteroatoms. The summed E-state index contributed by atoms with van der Waals surface area (Å²) in [5.41, 5.74) is 9.43. The van der Waals surface area contributed by atoms with Crippen molar-refractivity contribution in [1.29, 1.82) is 0 Å². The molecular formula is C33H37N5OS. The van der Waals surface area contributed by atoms with Crippen LogP contribution >= 0.6 is 12.2 Å². The normalized spacial score (nSPS) is 19.4. The lowest BCUT2D eigenvalue weighted by atomic mass is 9.96. The summed E-state index contributed by atoms with van der Waals surface area (Å²) in [6.45, 7) is 12.3. The van der Waals surface area contributed by atoms with E-state index in [1.165, 1.54) is 28.2 Å². The van der Waals surface area contributed by atoms with Gasteiger partial charge >= 0.3 is 0 Å². The van der Waals surface area contributed by atoms with Gasteiger partial charge in [0.1, 0.15) is 0 Å². The average Bonchev–Trinajstić information content (AvgIpc) is 3.48. The van der Waals surface area contributed by atoms with Crippen LogP contribution in [0.1, 0.15) is 60.1 Å². The number of aryl methyl sites for hydroxylation is 1. The van der Waals surface area contributed by atoms with Crippen LogP contribution in [0.15, 0.2) is 79.0 Å². The van der Waals surface area contributed by atoms with Gasteiger partial charge < -0.3 is 24.4 Å². The summed E-state index contributed by atoms with van der Waals surface area (Å²) >= 11 is 5.98. The maximum Gasteiger partial charge on any atom is 0.174 e. The summed E-state index contributed by atoms with van der Waals surface area (Å²) in [7, 11) is 0. The Labute approximate surface area is 242 Å². The first-order chi connectivity index (χ1) is 19.4. The van der Waals surface area contributed by atoms with E-state index < -0.39 is 0 Å². The Morgan fingerprint density at radius 3 is 2.23 bits per heavy atom. The van der Waals surface area contributed by atoms with Crippen molar-refractivity contribution < 1.29 is 4.74 Å². The minimum atomic E-state index is -0.0730. The summed E-state index contributed by atoms with van der Waals surface area (Å²) in [5, 5.41) is 4.33. The van der Waals surface area contributed by atoms with Gasteiger partial charge in [-0.3, -0.25) is 4.98 Å². The van der Waals surface area contributed by atoms with E-state index in [0.717, 1.165) is 48.5 Å². The minimum absolute atomic E-state index is 0.0418. The number of benzene rings is 2. The van der Waals surface area contributed by atoms with E-state index >= 15 is 0 Å². The third kappa shape index (κ3) is 4.88. The molecule has 6 nitrogen and oxygen atoms in total. The lowest BCUT2D eigenvalue weighted by molar-refractivity contribution is 0.122. The highest BCUT2D eigenvalue weighted by Crippen LogP contribution is 2.44. The number of nitrogens with one attached hydrogen (secondary N) is 1. The lowest BCUT2D eigenvalue weighted by Crippen LogP contribution is -2.36. The fourth-order valence-electron chi connectivity index (χ4n) is 6.09. The predicted octanol–water partition coefficient (Wildman–Crippen LogP) is 6.63. The van der Waals surface area contributed by atoms with Gasteiger partial charge in [-0.1, -0.05) is 32.0 Å². The molecule has 0 amide bonds. The van der Waals surface area contributed by atoms with E-state index in [9.17, 15) is 0 Å². The SMILES string of the molecule is Cc1cc([C@@H]2[C@H](c3ccccn3)NC(=S)N2c2ccc(C(C)C)cc2)c(C)n1-c1ccc(N2CCOCC2)cc1. The Hall–Kier alpha value is -3.68. The highest BCUT2D eigenvalue weighted by Gasteiger charge is 2.42. The van der Waals surface area contributed by atoms with Crippen molar-refractivity contribution >= 4 is 28.7 Å². The highest BCUT2D eigenvalue weighted by molar-refractivity contribution is 7.80. The van der Waals surface area contributed by atoms with Gasteiger partial charge in [-0.2, -0.15) is 0 Å². The van der Waals surface area contributed by atoms with Crippen molar-refractivity contribution in [3.8, 4) is 5.69 Å². The number of hydrogen-bond acceptors (Lipinski definition) is 4. The molecule has 40 heavy (non-hydrogen) atoms. The molecule has 2 aliphatic heterocycles. The molecule has 2 aromatic heterocycles. The first-order valence-corrected chi connectivity index (χ1v) is 14.6. The first-order valence-electron chi connectivity index (χ1n) is 14.1. The van der Waals surface area contributed by atoms with Crippen molar-refractivity contribution in [2.75, 3.05) is 36.1 Å². The lowest BCUT2D eigenvalue weighted by Gasteiger charge is -2.29. The van der Waals surface area contributed by atoms with Gasteiger partial charge in [0.05, 0.1) is 31.0 Å². The largest absolute Gasteiger partial charge is 0.378 e. The molecule has 0 bridgehead atoms. The molecule has 0 unspecified atom stereocenters. The van der Waals surface area contributed by atoms with E-state index in [1.54, 1.807) is 0 Å². The first kappa shape index (κ1) is 26.5. The molecule has 2 aromatic carbocycles. The molecule has 2 aliphatic rings. The molecule has 0 aliphatic carbocycles. The van der Waals surface area contributed by atoms with Gasteiger partial charge in [-0.15, -0.1) is 0 Å². The van der Waals surface area contributed by atoms with Crippen molar-refractivity contribution in [3.05, 3.63) is 107 Å². The fraction of sp³-hybridized carbons (Fsp3) is 0.333. The number of rotatable bonds is 6. The van der Waals surface area contributed by atoms with Crippen LogP contribution in [0.5, 0.6) is 0 Å². The zero-order chi connectivity index (χ0) is 27.8. The van der Waals surface area contributed by atoms with Gasteiger partial charge in [-0.25, -0.2) is 0 Å². The van der Waals surface area contributed by atoms with E-state index in [4.69, 9.17) is 21.9 Å². The number of nitrogens with zero attached hydrogens (tertiary/aromatic N) is 4. The van der Waals surface area contributed by atoms with Gasteiger partial charge in [-0.05, 0) is 97.7 Å². The average molecular weight is 552 g/mol. The highest BCUT2D eigenvalue weighted by atomic mass is 32.1. The zero-order valence-electron chi connectivity index (χ0n) is 23.7. The fourth-order valence-corrected chi connectivity index (χ4v) is 6.43. The van der Waals surface area contributed by atoms with Crippen LogP contribution in [0.3, 0.4) is 0 Å². The van der Waals surface area contributed by atoms with Gasteiger partial charge in [0, 0.05) is 47.7 Å². The molecule has 2 fully saturated rings. The van der Waals surface area contributed by atoms with Gasteiger partial charge in [0.2, 0.25) is 0 Å². The second-order valence-corrected chi connectivity index (χ2v) is 11.4. The minimum Gasteiger partial charge on any atom is -0.378 e. The predicted molar refractivity (Wildman–Crippen MR) is 167 cm³/mol. The number of ether oxygens (including phenoxy) is 1. The number of pyridine rings is 1. The van der Waals surface area contributed by atoms with Crippen molar-refractivity contribution in [1.82, 2.24) is 14.9 Å². The monoisotopic (exact) mass is 551 g/mol. The molecule has 2 atom stereocenters. The Balaban J connectivity index is 1.40. The summed E-state index contributed by atoms with van der Waals surface area (Å²) in [6.07, 6.45) is 1.86. The third-order valence-corrected chi connectivity index (χ3v) is 8.52. The number of hydrogen-bond donors (Lipinski definition) is 1. The van der Waals surface area contributed by atoms with E-state index in [2.05, 4.69) is 108 Å². The maximum atomic E-state index is 5.98. The summed E-state index contributed by atoms with van der Waals surface area (Å²) in [4.78, 5) is 9.40. The Bertz CT molecular complexity index is 1470. The maximum absolute atomic E-state index is 5.98. The van der Waals surface area contributed by atoms with Crippen molar-refractivity contribution in [2.24, 2.45) is 0 Å². The van der Waals surface area contributed by atoms with Crippen LogP contribution in [0.4, 0.5) is 11.4 Å². The quantitative estimate of drug-likeness (QED) is 0.272. The molecule has 4 aromatic rings. The number of anilines is 2. The zero-order valence-corrected chi connectivity index (χ0v) is 24.5. The van der Waals surface area contributed by atoms with E-state index in [-0.39, 0.29) is 12.1 Å². The summed E-state index contributed by atoms with van der Waals surface area (Å²) < 4.78 is 7.89. The van der Waals surface area contributed by atoms with E-state index in [0.29, 0.717) is 5.92 Å². The second kappa shape index (κ2) is 11.1. The molecule has 6 rings (SSSR count). The van der Waals surface area contributed by atoms with Crippen LogP contribution in [0.2, 0.25) is 0 Å². The molecule has 4 heterocycles. The molecule has 0 saturated carbocycles. The molecular weight excluding hydrogens is 514 g/mol. The van der Waals surface area contributed by atoms with Crippen LogP contribution in [-0.2, 0) is 4.74 Å². The molecule has 1 N–H and O–H groups in total. The molecule has 206 valence electrons. The Kier molecular flexibility index (Phi) is 7.34. The second-order valence-electron chi connectivity index (χ2n) is 11.0. The van der Waals surface area contributed by atoms with Crippen molar-refractivity contribution in [3.63, 3.8) is 0 Å². The smallest absolute Gasteiger partial charge is 0.174 e. The van der Waals surface area contributed by atoms with Crippen LogP contribution < -0.4 is 15.1 Å². The number of aromatic nitrogens is 2. The summed E-state index contributed by atoms with van der Waals surface area (Å²) in [6, 6.07) is 26.0. The van der Waals surface area contributed by atoms with Crippen LogP contribution in [0, 0.1) is 13.8 Å². The van der Waals surface area contributed by atoms with Crippen LogP contribution in [0.25, 0.3) is 5.69 Å². The van der Waals surface area contributed by atoms with Crippen molar-refractivity contribution in [2.45, 2.75) is 45.7 Å². The standard InChI is InChI=1S/C33H37N5OS/c1-22(2)25-8-10-28(11-9-25)38-32(31(35-33(38)40)30-7-5-6-16-34-30)29-21-23(3)37(24(29)4)27-14-12-26(13-15-27)36-17-19-39-20-18-36/h5-16,21-22,31-32H,17-20H2,1-4H3,(H,35,40)/t31-,32+/m0/s1. The van der Waals surface area contributed by atoms with Crippen LogP contribution in [-0.4, -0.2) is 41.0 Å². The number of morpholine rings is 1. The Morgan fingerprint density at radius 2 is 1.57 bits per heavy atom. The molecule has 0 spiro atoms. The molecule has 0 radical (unpaired) electrons.